The summed E-state index contributed by atoms with van der Waals surface area (Å²) in [5.74, 6) is -2.92. The van der Waals surface area contributed by atoms with Crippen molar-refractivity contribution in [2.45, 2.75) is 309 Å². The molecule has 11 fully saturated rings. The first-order valence-corrected chi connectivity index (χ1v) is 37.1. The Hall–Kier alpha value is -2.64. The van der Waals surface area contributed by atoms with Gasteiger partial charge in [0.1, 0.15) is 139 Å². The van der Waals surface area contributed by atoms with E-state index >= 15 is 4.79 Å². The summed E-state index contributed by atoms with van der Waals surface area (Å²) in [7, 11) is 0. The average molecular weight is 1540 g/mol. The van der Waals surface area contributed by atoms with Crippen molar-refractivity contribution in [1.82, 2.24) is 5.32 Å². The molecule has 0 aromatic rings. The zero-order valence-corrected chi connectivity index (χ0v) is 61.1. The molecule has 0 aromatic carbocycles. The van der Waals surface area contributed by atoms with E-state index in [4.69, 9.17) is 66.3 Å². The zero-order valence-electron chi connectivity index (χ0n) is 61.1. The first kappa shape index (κ1) is 83.8. The highest BCUT2D eigenvalue weighted by molar-refractivity contribution is 5.80. The number of ether oxygens (including phenoxy) is 14. The van der Waals surface area contributed by atoms with Crippen molar-refractivity contribution >= 4 is 11.9 Å². The molecule has 614 valence electrons. The molecule has 0 radical (unpaired) electrons. The van der Waals surface area contributed by atoms with Crippen molar-refractivity contribution in [3.63, 3.8) is 0 Å². The fourth-order valence-electron chi connectivity index (χ4n) is 20.3. The normalized spacial score (nSPS) is 53.3. The lowest BCUT2D eigenvalue weighted by Crippen LogP contribution is -2.73. The first-order valence-electron chi connectivity index (χ1n) is 37.1. The molecule has 4 saturated carbocycles. The molecule has 7 saturated heterocycles. The van der Waals surface area contributed by atoms with E-state index in [1.165, 1.54) is 6.92 Å². The quantitative estimate of drug-likeness (QED) is 0.0324. The molecule has 37 heteroatoms. The number of esters is 1. The van der Waals surface area contributed by atoms with Crippen LogP contribution in [0.4, 0.5) is 0 Å². The Morgan fingerprint density at radius 1 is 0.514 bits per heavy atom. The van der Waals surface area contributed by atoms with Crippen LogP contribution in [0.5, 0.6) is 0 Å². The summed E-state index contributed by atoms with van der Waals surface area (Å²) in [5.41, 5.74) is -7.18. The van der Waals surface area contributed by atoms with E-state index in [1.54, 1.807) is 0 Å². The van der Waals surface area contributed by atoms with Crippen molar-refractivity contribution in [2.75, 3.05) is 52.9 Å². The summed E-state index contributed by atoms with van der Waals surface area (Å²) in [6.45, 7) is 10.1. The van der Waals surface area contributed by atoms with Gasteiger partial charge in [-0.2, -0.15) is 0 Å². The Morgan fingerprint density at radius 2 is 1.07 bits per heavy atom. The summed E-state index contributed by atoms with van der Waals surface area (Å²) < 4.78 is 83.6. The molecule has 40 atom stereocenters. The number of carbonyl (C=O) groups is 2. The zero-order chi connectivity index (χ0) is 78.1. The molecule has 5 aliphatic carbocycles. The molecule has 21 N–H and O–H groups in total. The Kier molecular flexibility index (Phi) is 24.7. The molecule has 7 aliphatic heterocycles. The van der Waals surface area contributed by atoms with Crippen molar-refractivity contribution in [3.8, 4) is 0 Å². The van der Waals surface area contributed by atoms with Gasteiger partial charge in [0.2, 0.25) is 12.2 Å². The van der Waals surface area contributed by atoms with E-state index in [-0.39, 0.29) is 18.3 Å². The lowest BCUT2D eigenvalue weighted by atomic mass is 9.32. The van der Waals surface area contributed by atoms with Gasteiger partial charge in [0.05, 0.1) is 71.2 Å². The molecule has 40 unspecified atom stereocenters. The van der Waals surface area contributed by atoms with Crippen LogP contribution in [0, 0.1) is 50.2 Å². The molecular weight excluding hydrogens is 1430 g/mol. The van der Waals surface area contributed by atoms with Crippen LogP contribution in [0.3, 0.4) is 0 Å². The minimum Gasteiger partial charge on any atom is -0.432 e. The van der Waals surface area contributed by atoms with Gasteiger partial charge in [-0.05, 0) is 90.8 Å². The number of aliphatic hydroxyl groups is 20. The van der Waals surface area contributed by atoms with Gasteiger partial charge >= 0.3 is 5.97 Å². The third-order valence-electron chi connectivity index (χ3n) is 26.8. The van der Waals surface area contributed by atoms with Gasteiger partial charge in [0.25, 0.3) is 0 Å². The number of allylic oxidation sites excluding steroid dienone is 1. The van der Waals surface area contributed by atoms with Crippen LogP contribution in [0.15, 0.2) is 11.6 Å². The van der Waals surface area contributed by atoms with Crippen molar-refractivity contribution < 1.29 is 178 Å². The maximum absolute atomic E-state index is 15.7. The number of rotatable bonds is 19. The number of aliphatic hydroxyl groups excluding tert-OH is 19. The maximum atomic E-state index is 15.7. The lowest BCUT2D eigenvalue weighted by Gasteiger charge is -2.72. The number of nitrogens with one attached hydrogen (secondary N) is 1. The third-order valence-corrected chi connectivity index (χ3v) is 26.8. The Labute approximate surface area is 617 Å². The summed E-state index contributed by atoms with van der Waals surface area (Å²) in [6.07, 6.45) is -48.4. The van der Waals surface area contributed by atoms with E-state index in [0.717, 1.165) is 5.57 Å². The lowest BCUT2D eigenvalue weighted by molar-refractivity contribution is -0.364. The molecule has 12 aliphatic rings. The molecule has 0 aromatic heterocycles. The Bertz CT molecular complexity index is 3100. The third kappa shape index (κ3) is 14.5. The number of amides is 1. The second-order valence-electron chi connectivity index (χ2n) is 34.0. The first-order chi connectivity index (χ1) is 50.2. The van der Waals surface area contributed by atoms with Crippen LogP contribution in [-0.2, 0) is 75.9 Å². The number of hydrogen-bond acceptors (Lipinski definition) is 36. The van der Waals surface area contributed by atoms with Crippen molar-refractivity contribution in [3.05, 3.63) is 11.6 Å². The van der Waals surface area contributed by atoms with Crippen LogP contribution < -0.4 is 5.32 Å². The summed E-state index contributed by atoms with van der Waals surface area (Å²) in [6, 6.07) is -1.47. The van der Waals surface area contributed by atoms with Crippen molar-refractivity contribution in [1.29, 1.82) is 0 Å². The minimum atomic E-state index is -2.14. The summed E-state index contributed by atoms with van der Waals surface area (Å²) >= 11 is 0. The molecule has 0 spiro atoms. The molecule has 12 rings (SSSR count). The van der Waals surface area contributed by atoms with E-state index in [0.29, 0.717) is 44.9 Å². The highest BCUT2D eigenvalue weighted by Crippen LogP contribution is 2.76. The molecular formula is C70H113NO36. The van der Waals surface area contributed by atoms with Crippen LogP contribution in [0.25, 0.3) is 0 Å². The van der Waals surface area contributed by atoms with Gasteiger partial charge in [-0.15, -0.1) is 0 Å². The molecule has 37 nitrogen and oxygen atoms in total. The predicted molar refractivity (Wildman–Crippen MR) is 351 cm³/mol. The highest BCUT2D eigenvalue weighted by atomic mass is 16.8. The standard InChI is InChI=1S/C70H113NO36/c1-26(75)71-38-42(82)51(105-60-46(86)43(83)40(80)32(18-72)99-60)34(23-97-57-47(87)49(30(77)21-94-57)103-58-45(85)39(79)29(76)20-95-58)101-56(38)102-37-12-13-66(6)35(65(37,4)5)11-14-67(7)36(66)10-9-27-28-17-64(2,3)15-16-70(28,54(90)53(89)68(27,67)8)63(92)107-61-52(44(84)41(81)33(19-73)100-61)106-59-48(88)50(31(78)22-96-59)104-62-55(91)69(93,24-74)25-98-62/h9,28-62,72-74,76-91,93H,10-25H2,1-8H3,(H,71,75). The Morgan fingerprint density at radius 3 is 1.70 bits per heavy atom. The van der Waals surface area contributed by atoms with Gasteiger partial charge < -0.3 is 174 Å². The largest absolute Gasteiger partial charge is 0.432 e. The molecule has 0 bridgehead atoms. The van der Waals surface area contributed by atoms with Crippen LogP contribution >= 0.6 is 0 Å². The highest BCUT2D eigenvalue weighted by Gasteiger charge is 2.75. The van der Waals surface area contributed by atoms with Gasteiger partial charge in [-0.3, -0.25) is 9.59 Å². The Balaban J connectivity index is 0.793. The second kappa shape index (κ2) is 31.5. The maximum Gasteiger partial charge on any atom is 0.317 e. The van der Waals surface area contributed by atoms with Gasteiger partial charge in [-0.25, -0.2) is 0 Å². The topological polar surface area (TPSA) is 580 Å². The number of fused-ring (bicyclic) bond motifs is 7. The van der Waals surface area contributed by atoms with Gasteiger partial charge in [-0.1, -0.05) is 60.1 Å². The SMILES string of the molecule is CC(=O)NC1C(OC2CCC3(C)C(CCC4(C)C3CC=C3C5CC(C)(C)CCC5(C(=O)OC5OC(CO)C(O)C(O)C5OC5OCC(O)C(OC6OCC(O)(CO)C6O)C5O)C(O)C(O)C34C)C2(C)C)OC(COC2OCC(O)C(OC3OCC(O)C(O)C3O)C2O)C(OC2OC(CO)C(O)C(O)C2O)C1O. The average Bonchev–Trinajstić information content (AvgIpc) is 0.883. The molecule has 107 heavy (non-hydrogen) atoms. The van der Waals surface area contributed by atoms with Gasteiger partial charge in [0.15, 0.2) is 43.8 Å². The van der Waals surface area contributed by atoms with E-state index in [9.17, 15) is 107 Å². The summed E-state index contributed by atoms with van der Waals surface area (Å²) in [5, 5.41) is 225. The van der Waals surface area contributed by atoms with Crippen molar-refractivity contribution in [2.24, 2.45) is 50.2 Å². The summed E-state index contributed by atoms with van der Waals surface area (Å²) in [4.78, 5) is 29.0. The molecule has 7 heterocycles. The fraction of sp³-hybridized carbons (Fsp3) is 0.943. The smallest absolute Gasteiger partial charge is 0.317 e. The van der Waals surface area contributed by atoms with Crippen LogP contribution in [0.1, 0.15) is 107 Å². The number of hydrogen-bond donors (Lipinski definition) is 21. The van der Waals surface area contributed by atoms with Gasteiger partial charge in [0, 0.05) is 12.3 Å². The van der Waals surface area contributed by atoms with E-state index < -0.39 is 305 Å². The van der Waals surface area contributed by atoms with Crippen LogP contribution in [-0.4, -0.2) is 369 Å². The predicted octanol–water partition coefficient (Wildman–Crippen LogP) is -7.92. The number of carbonyl (C=O) groups excluding carboxylic acids is 2. The molecule has 1 amide bonds. The fourth-order valence-corrected chi connectivity index (χ4v) is 20.3. The minimum absolute atomic E-state index is 0.0217. The second-order valence-corrected chi connectivity index (χ2v) is 34.0. The monoisotopic (exact) mass is 1540 g/mol. The van der Waals surface area contributed by atoms with E-state index in [2.05, 4.69) is 25.2 Å². The van der Waals surface area contributed by atoms with E-state index in [1.807, 2.05) is 34.6 Å². The van der Waals surface area contributed by atoms with Crippen LogP contribution in [0.2, 0.25) is 0 Å².